The van der Waals surface area contributed by atoms with Crippen LogP contribution in [0.4, 0.5) is 11.5 Å². The Hall–Kier alpha value is -2.48. The predicted octanol–water partition coefficient (Wildman–Crippen LogP) is 0.692. The summed E-state index contributed by atoms with van der Waals surface area (Å²) in [6, 6.07) is 1.69. The maximum absolute atomic E-state index is 11.5. The Morgan fingerprint density at radius 3 is 3.00 bits per heavy atom. The molecule has 7 nitrogen and oxygen atoms in total. The lowest BCUT2D eigenvalue weighted by Gasteiger charge is -2.27. The Bertz CT molecular complexity index is 712. The summed E-state index contributed by atoms with van der Waals surface area (Å²) in [6.45, 7) is 0.238. The van der Waals surface area contributed by atoms with Crippen molar-refractivity contribution in [3.8, 4) is 10.6 Å². The van der Waals surface area contributed by atoms with Gasteiger partial charge in [0.25, 0.3) is 0 Å². The van der Waals surface area contributed by atoms with E-state index >= 15 is 0 Å². The number of rotatable bonds is 2. The first kappa shape index (κ1) is 12.5. The molecule has 0 aliphatic carbocycles. The van der Waals surface area contributed by atoms with E-state index in [0.29, 0.717) is 17.1 Å². The summed E-state index contributed by atoms with van der Waals surface area (Å²) in [4.78, 5) is 33.6. The van der Waals surface area contributed by atoms with E-state index in [1.807, 2.05) is 0 Å². The van der Waals surface area contributed by atoms with Gasteiger partial charge in [-0.2, -0.15) is 0 Å². The summed E-state index contributed by atoms with van der Waals surface area (Å²) in [5.74, 6) is -0.117. The van der Waals surface area contributed by atoms with E-state index in [4.69, 9.17) is 5.73 Å². The number of primary amides is 1. The van der Waals surface area contributed by atoms with Gasteiger partial charge >= 0.3 is 0 Å². The van der Waals surface area contributed by atoms with Crippen molar-refractivity contribution in [1.29, 1.82) is 0 Å². The third kappa shape index (κ3) is 1.99. The Kier molecular flexibility index (Phi) is 2.87. The Morgan fingerprint density at radius 1 is 1.50 bits per heavy atom. The van der Waals surface area contributed by atoms with Crippen LogP contribution in [0.5, 0.6) is 0 Å². The number of amides is 2. The van der Waals surface area contributed by atoms with Crippen LogP contribution in [0.25, 0.3) is 10.6 Å². The first-order chi connectivity index (χ1) is 9.56. The number of carbonyl (C=O) groups excluding carboxylic acids is 2. The molecular weight excluding hydrogens is 278 g/mol. The van der Waals surface area contributed by atoms with E-state index in [1.165, 1.54) is 17.7 Å². The van der Waals surface area contributed by atoms with Crippen molar-refractivity contribution in [2.45, 2.75) is 0 Å². The SMILES string of the molecule is CN1CC(=O)Nc2ncnc(-c3cc(C(N)=O)cs3)c21. The average Bonchev–Trinajstić information content (AvgIpc) is 2.87. The number of likely N-dealkylation sites (N-methyl/N-ethyl adjacent to an activating group) is 1. The van der Waals surface area contributed by atoms with E-state index in [-0.39, 0.29) is 12.5 Å². The lowest BCUT2D eigenvalue weighted by molar-refractivity contribution is -0.115. The van der Waals surface area contributed by atoms with Gasteiger partial charge in [0.1, 0.15) is 17.7 Å². The quantitative estimate of drug-likeness (QED) is 0.847. The molecule has 0 radical (unpaired) electrons. The van der Waals surface area contributed by atoms with E-state index in [9.17, 15) is 9.59 Å². The van der Waals surface area contributed by atoms with Crippen molar-refractivity contribution in [2.24, 2.45) is 5.73 Å². The van der Waals surface area contributed by atoms with Crippen molar-refractivity contribution in [2.75, 3.05) is 23.8 Å². The van der Waals surface area contributed by atoms with Crippen LogP contribution in [-0.4, -0.2) is 35.4 Å². The number of hydrogen-bond acceptors (Lipinski definition) is 6. The first-order valence-electron chi connectivity index (χ1n) is 5.81. The minimum atomic E-state index is -0.475. The normalized spacial score (nSPS) is 13.8. The van der Waals surface area contributed by atoms with Crippen molar-refractivity contribution >= 4 is 34.7 Å². The number of thiophene rings is 1. The minimum absolute atomic E-state index is 0.117. The topological polar surface area (TPSA) is 101 Å². The fourth-order valence-electron chi connectivity index (χ4n) is 2.07. The van der Waals surface area contributed by atoms with E-state index in [0.717, 1.165) is 10.6 Å². The molecule has 3 heterocycles. The standard InChI is InChI=1S/C12H11N5O2S/c1-17-3-8(18)16-12-10(17)9(14-5-15-12)7-2-6(4-20-7)11(13)19/h2,4-5H,3H2,1H3,(H2,13,19)(H,14,15,16,18). The van der Waals surface area contributed by atoms with Crippen LogP contribution in [0.2, 0.25) is 0 Å². The molecule has 0 atom stereocenters. The first-order valence-corrected chi connectivity index (χ1v) is 6.69. The molecule has 20 heavy (non-hydrogen) atoms. The van der Waals surface area contributed by atoms with E-state index in [2.05, 4.69) is 15.3 Å². The maximum Gasteiger partial charge on any atom is 0.249 e. The molecule has 0 fully saturated rings. The highest BCUT2D eigenvalue weighted by Crippen LogP contribution is 2.37. The van der Waals surface area contributed by atoms with Crippen LogP contribution in [0.1, 0.15) is 10.4 Å². The second-order valence-corrected chi connectivity index (χ2v) is 5.30. The van der Waals surface area contributed by atoms with E-state index < -0.39 is 5.91 Å². The van der Waals surface area contributed by atoms with Gasteiger partial charge in [0.15, 0.2) is 5.82 Å². The predicted molar refractivity (Wildman–Crippen MR) is 75.8 cm³/mol. The van der Waals surface area contributed by atoms with Gasteiger partial charge in [-0.15, -0.1) is 11.3 Å². The highest BCUT2D eigenvalue weighted by molar-refractivity contribution is 7.13. The summed E-state index contributed by atoms with van der Waals surface area (Å²) >= 11 is 1.38. The van der Waals surface area contributed by atoms with Gasteiger partial charge in [0, 0.05) is 12.4 Å². The highest BCUT2D eigenvalue weighted by atomic mass is 32.1. The Balaban J connectivity index is 2.12. The summed E-state index contributed by atoms with van der Waals surface area (Å²) in [5, 5.41) is 4.40. The van der Waals surface area contributed by atoms with Gasteiger partial charge in [-0.1, -0.05) is 0 Å². The van der Waals surface area contributed by atoms with Crippen molar-refractivity contribution in [3.05, 3.63) is 23.3 Å². The van der Waals surface area contributed by atoms with Gasteiger partial charge in [-0.25, -0.2) is 9.97 Å². The van der Waals surface area contributed by atoms with Crippen LogP contribution in [-0.2, 0) is 4.79 Å². The van der Waals surface area contributed by atoms with Crippen LogP contribution >= 0.6 is 11.3 Å². The van der Waals surface area contributed by atoms with Crippen LogP contribution in [0, 0.1) is 0 Å². The third-order valence-corrected chi connectivity index (χ3v) is 3.90. The summed E-state index contributed by atoms with van der Waals surface area (Å²) in [7, 11) is 1.80. The summed E-state index contributed by atoms with van der Waals surface area (Å²) in [6.07, 6.45) is 1.39. The van der Waals surface area contributed by atoms with Crippen LogP contribution < -0.4 is 16.0 Å². The second-order valence-electron chi connectivity index (χ2n) is 4.39. The minimum Gasteiger partial charge on any atom is -0.366 e. The molecule has 2 aromatic heterocycles. The number of nitrogens with two attached hydrogens (primary N) is 1. The van der Waals surface area contributed by atoms with E-state index in [1.54, 1.807) is 23.4 Å². The van der Waals surface area contributed by atoms with Gasteiger partial charge < -0.3 is 16.0 Å². The highest BCUT2D eigenvalue weighted by Gasteiger charge is 2.25. The molecule has 3 N–H and O–H groups in total. The van der Waals surface area contributed by atoms with Crippen molar-refractivity contribution in [3.63, 3.8) is 0 Å². The number of nitrogens with zero attached hydrogens (tertiary/aromatic N) is 3. The fraction of sp³-hybridized carbons (Fsp3) is 0.167. The zero-order valence-corrected chi connectivity index (χ0v) is 11.4. The molecule has 1 aliphatic rings. The zero-order chi connectivity index (χ0) is 14.3. The molecule has 0 unspecified atom stereocenters. The van der Waals surface area contributed by atoms with Crippen LogP contribution in [0.3, 0.4) is 0 Å². The van der Waals surface area contributed by atoms with Gasteiger partial charge in [-0.05, 0) is 6.07 Å². The summed E-state index contributed by atoms with van der Waals surface area (Å²) in [5.41, 5.74) is 7.12. The van der Waals surface area contributed by atoms with Crippen LogP contribution in [0.15, 0.2) is 17.8 Å². The van der Waals surface area contributed by atoms with Gasteiger partial charge in [0.05, 0.1) is 17.0 Å². The smallest absolute Gasteiger partial charge is 0.249 e. The molecule has 0 saturated heterocycles. The zero-order valence-electron chi connectivity index (χ0n) is 10.6. The van der Waals surface area contributed by atoms with Crippen molar-refractivity contribution < 1.29 is 9.59 Å². The number of nitrogens with one attached hydrogen (secondary N) is 1. The number of fused-ring (bicyclic) bond motifs is 1. The molecule has 102 valence electrons. The van der Waals surface area contributed by atoms with Gasteiger partial charge in [0.2, 0.25) is 11.8 Å². The number of carbonyl (C=O) groups is 2. The average molecular weight is 289 g/mol. The molecule has 1 aliphatic heterocycles. The summed E-state index contributed by atoms with van der Waals surface area (Å²) < 4.78 is 0. The van der Waals surface area contributed by atoms with Crippen molar-refractivity contribution in [1.82, 2.24) is 9.97 Å². The molecule has 0 spiro atoms. The molecule has 2 aromatic rings. The largest absolute Gasteiger partial charge is 0.366 e. The molecule has 0 saturated carbocycles. The third-order valence-electron chi connectivity index (χ3n) is 2.96. The second kappa shape index (κ2) is 4.57. The maximum atomic E-state index is 11.5. The molecular formula is C12H11N5O2S. The monoisotopic (exact) mass is 289 g/mol. The number of aromatic nitrogens is 2. The van der Waals surface area contributed by atoms with Gasteiger partial charge in [-0.3, -0.25) is 9.59 Å². The molecule has 2 amide bonds. The number of anilines is 2. The molecule has 3 rings (SSSR count). The molecule has 0 bridgehead atoms. The lowest BCUT2D eigenvalue weighted by atomic mass is 10.2. The Morgan fingerprint density at radius 2 is 2.30 bits per heavy atom. The fourth-order valence-corrected chi connectivity index (χ4v) is 2.96. The number of hydrogen-bond donors (Lipinski definition) is 2. The molecule has 8 heteroatoms. The lowest BCUT2D eigenvalue weighted by Crippen LogP contribution is -2.36. The Labute approximate surface area is 118 Å². The molecule has 0 aromatic carbocycles.